The monoisotopic (exact) mass is 183 g/mol. The molecular weight excluding hydrogens is 162 g/mol. The summed E-state index contributed by atoms with van der Waals surface area (Å²) in [5, 5.41) is 13.0. The first-order valence-electron chi connectivity index (χ1n) is 4.97. The average molecular weight is 183 g/mol. The SMILES string of the molecule is C#CC(CC)NCC(C)(O)CCC. The highest BCUT2D eigenvalue weighted by atomic mass is 16.3. The van der Waals surface area contributed by atoms with Crippen LogP contribution >= 0.6 is 0 Å². The molecule has 0 aromatic rings. The van der Waals surface area contributed by atoms with Gasteiger partial charge in [0.2, 0.25) is 0 Å². The Morgan fingerprint density at radius 1 is 1.54 bits per heavy atom. The molecule has 0 aliphatic rings. The molecule has 0 rings (SSSR count). The minimum atomic E-state index is -0.626. The van der Waals surface area contributed by atoms with E-state index in [0.29, 0.717) is 6.54 Å². The van der Waals surface area contributed by atoms with Gasteiger partial charge in [0.25, 0.3) is 0 Å². The van der Waals surface area contributed by atoms with Gasteiger partial charge in [-0.05, 0) is 19.8 Å². The largest absolute Gasteiger partial charge is 0.389 e. The molecule has 0 spiro atoms. The highest BCUT2D eigenvalue weighted by molar-refractivity contribution is 4.98. The van der Waals surface area contributed by atoms with E-state index in [0.717, 1.165) is 19.3 Å². The van der Waals surface area contributed by atoms with E-state index in [4.69, 9.17) is 6.42 Å². The molecule has 0 aliphatic carbocycles. The Balaban J connectivity index is 3.80. The van der Waals surface area contributed by atoms with Crippen molar-refractivity contribution in [2.75, 3.05) is 6.54 Å². The van der Waals surface area contributed by atoms with Crippen LogP contribution in [0.3, 0.4) is 0 Å². The van der Waals surface area contributed by atoms with E-state index in [2.05, 4.69) is 18.2 Å². The van der Waals surface area contributed by atoms with Gasteiger partial charge in [-0.15, -0.1) is 6.42 Å². The molecule has 0 saturated heterocycles. The van der Waals surface area contributed by atoms with E-state index in [1.807, 2.05) is 13.8 Å². The Kier molecular flexibility index (Phi) is 5.77. The van der Waals surface area contributed by atoms with Crippen molar-refractivity contribution < 1.29 is 5.11 Å². The zero-order valence-corrected chi connectivity index (χ0v) is 8.93. The molecule has 0 bridgehead atoms. The first-order valence-corrected chi connectivity index (χ1v) is 4.97. The second kappa shape index (κ2) is 6.01. The molecule has 0 heterocycles. The van der Waals surface area contributed by atoms with Crippen LogP contribution in [0.25, 0.3) is 0 Å². The lowest BCUT2D eigenvalue weighted by atomic mass is 10.0. The smallest absolute Gasteiger partial charge is 0.0743 e. The van der Waals surface area contributed by atoms with Gasteiger partial charge in [-0.3, -0.25) is 0 Å². The van der Waals surface area contributed by atoms with E-state index in [-0.39, 0.29) is 6.04 Å². The lowest BCUT2D eigenvalue weighted by Crippen LogP contribution is -2.41. The summed E-state index contributed by atoms with van der Waals surface area (Å²) in [7, 11) is 0. The lowest BCUT2D eigenvalue weighted by Gasteiger charge is -2.24. The average Bonchev–Trinajstić information content (AvgIpc) is 2.06. The number of hydrogen-bond donors (Lipinski definition) is 2. The number of nitrogens with one attached hydrogen (secondary N) is 1. The van der Waals surface area contributed by atoms with E-state index < -0.39 is 5.60 Å². The molecule has 0 aromatic carbocycles. The maximum absolute atomic E-state index is 9.82. The van der Waals surface area contributed by atoms with Crippen LogP contribution in [0, 0.1) is 12.3 Å². The third-order valence-electron chi connectivity index (χ3n) is 2.13. The number of aliphatic hydroxyl groups is 1. The predicted octanol–water partition coefficient (Wildman–Crippen LogP) is 1.54. The summed E-state index contributed by atoms with van der Waals surface area (Å²) in [5.41, 5.74) is -0.626. The highest BCUT2D eigenvalue weighted by Gasteiger charge is 2.19. The zero-order valence-electron chi connectivity index (χ0n) is 8.93. The first kappa shape index (κ1) is 12.5. The molecule has 2 nitrogen and oxygen atoms in total. The molecule has 0 fully saturated rings. The molecule has 76 valence electrons. The summed E-state index contributed by atoms with van der Waals surface area (Å²) in [4.78, 5) is 0. The van der Waals surface area contributed by atoms with Gasteiger partial charge in [0, 0.05) is 6.54 Å². The van der Waals surface area contributed by atoms with Crippen molar-refractivity contribution in [3.05, 3.63) is 0 Å². The molecule has 2 heteroatoms. The molecule has 2 unspecified atom stereocenters. The van der Waals surface area contributed by atoms with E-state index >= 15 is 0 Å². The van der Waals surface area contributed by atoms with E-state index in [9.17, 15) is 5.11 Å². The molecule has 0 saturated carbocycles. The summed E-state index contributed by atoms with van der Waals surface area (Å²) in [5.74, 6) is 2.64. The number of hydrogen-bond acceptors (Lipinski definition) is 2. The molecule has 0 amide bonds. The van der Waals surface area contributed by atoms with Gasteiger partial charge in [0.15, 0.2) is 0 Å². The van der Waals surface area contributed by atoms with Crippen LogP contribution < -0.4 is 5.32 Å². The number of terminal acetylenes is 1. The zero-order chi connectivity index (χ0) is 10.3. The fourth-order valence-electron chi connectivity index (χ4n) is 1.29. The van der Waals surface area contributed by atoms with Gasteiger partial charge in [0.1, 0.15) is 0 Å². The van der Waals surface area contributed by atoms with Crippen molar-refractivity contribution in [3.8, 4) is 12.3 Å². The summed E-state index contributed by atoms with van der Waals surface area (Å²) >= 11 is 0. The van der Waals surface area contributed by atoms with Crippen molar-refractivity contribution in [1.82, 2.24) is 5.32 Å². The van der Waals surface area contributed by atoms with Crippen LogP contribution in [0.4, 0.5) is 0 Å². The summed E-state index contributed by atoms with van der Waals surface area (Å²) in [6.07, 6.45) is 7.99. The van der Waals surface area contributed by atoms with Crippen molar-refractivity contribution in [2.45, 2.75) is 51.7 Å². The molecule has 2 N–H and O–H groups in total. The topological polar surface area (TPSA) is 32.3 Å². The Morgan fingerprint density at radius 2 is 2.15 bits per heavy atom. The van der Waals surface area contributed by atoms with Crippen LogP contribution in [0.2, 0.25) is 0 Å². The van der Waals surface area contributed by atoms with E-state index in [1.54, 1.807) is 0 Å². The standard InChI is InChI=1S/C11H21NO/c1-5-8-11(4,13)9-12-10(6-2)7-3/h2,10,12-13H,5,7-9H2,1,3-4H3. The van der Waals surface area contributed by atoms with Gasteiger partial charge >= 0.3 is 0 Å². The Hall–Kier alpha value is -0.520. The maximum Gasteiger partial charge on any atom is 0.0743 e. The predicted molar refractivity (Wildman–Crippen MR) is 56.4 cm³/mol. The Labute approximate surface area is 81.7 Å². The van der Waals surface area contributed by atoms with Gasteiger partial charge in [-0.1, -0.05) is 26.2 Å². The fraction of sp³-hybridized carbons (Fsp3) is 0.818. The van der Waals surface area contributed by atoms with Gasteiger partial charge in [-0.2, -0.15) is 0 Å². The maximum atomic E-state index is 9.82. The molecule has 0 aliphatic heterocycles. The quantitative estimate of drug-likeness (QED) is 0.612. The minimum absolute atomic E-state index is 0.0864. The van der Waals surface area contributed by atoms with Crippen LogP contribution in [0.5, 0.6) is 0 Å². The second-order valence-electron chi connectivity index (χ2n) is 3.76. The molecular formula is C11H21NO. The highest BCUT2D eigenvalue weighted by Crippen LogP contribution is 2.10. The summed E-state index contributed by atoms with van der Waals surface area (Å²) in [6, 6.07) is 0.0864. The lowest BCUT2D eigenvalue weighted by molar-refractivity contribution is 0.0487. The molecule has 13 heavy (non-hydrogen) atoms. The Morgan fingerprint density at radius 3 is 2.54 bits per heavy atom. The van der Waals surface area contributed by atoms with Crippen LogP contribution in [0.15, 0.2) is 0 Å². The normalized spacial score (nSPS) is 17.5. The number of rotatable bonds is 6. The van der Waals surface area contributed by atoms with Crippen LogP contribution in [0.1, 0.15) is 40.0 Å². The van der Waals surface area contributed by atoms with Crippen molar-refractivity contribution in [1.29, 1.82) is 0 Å². The first-order chi connectivity index (χ1) is 6.05. The second-order valence-corrected chi connectivity index (χ2v) is 3.76. The molecule has 0 radical (unpaired) electrons. The Bertz CT molecular complexity index is 169. The van der Waals surface area contributed by atoms with Crippen molar-refractivity contribution in [3.63, 3.8) is 0 Å². The third kappa shape index (κ3) is 5.68. The van der Waals surface area contributed by atoms with Crippen molar-refractivity contribution in [2.24, 2.45) is 0 Å². The van der Waals surface area contributed by atoms with Gasteiger partial charge < -0.3 is 10.4 Å². The summed E-state index contributed by atoms with van der Waals surface area (Å²) in [6.45, 7) is 6.51. The minimum Gasteiger partial charge on any atom is -0.389 e. The van der Waals surface area contributed by atoms with Gasteiger partial charge in [0.05, 0.1) is 11.6 Å². The van der Waals surface area contributed by atoms with Crippen molar-refractivity contribution >= 4 is 0 Å². The van der Waals surface area contributed by atoms with E-state index in [1.165, 1.54) is 0 Å². The third-order valence-corrected chi connectivity index (χ3v) is 2.13. The van der Waals surface area contributed by atoms with Crippen LogP contribution in [-0.4, -0.2) is 23.3 Å². The van der Waals surface area contributed by atoms with Gasteiger partial charge in [-0.25, -0.2) is 0 Å². The fourth-order valence-corrected chi connectivity index (χ4v) is 1.29. The molecule has 0 aromatic heterocycles. The molecule has 2 atom stereocenters. The summed E-state index contributed by atoms with van der Waals surface area (Å²) < 4.78 is 0. The van der Waals surface area contributed by atoms with Crippen LogP contribution in [-0.2, 0) is 0 Å².